The number of halogens is 1. The minimum atomic E-state index is -3.67. The molecule has 27 heavy (non-hydrogen) atoms. The summed E-state index contributed by atoms with van der Waals surface area (Å²) in [6.45, 7) is 2.85. The third kappa shape index (κ3) is 5.55. The summed E-state index contributed by atoms with van der Waals surface area (Å²) < 4.78 is 31.3. The zero-order valence-electron chi connectivity index (χ0n) is 15.7. The SMILES string of the molecule is Cc1oc(C(=O)N(CCCN)Cc2ccccc2)cc1S(=O)(=O)N(C)C.Cl. The van der Waals surface area contributed by atoms with Gasteiger partial charge in [0.05, 0.1) is 0 Å². The van der Waals surface area contributed by atoms with Crippen molar-refractivity contribution in [2.75, 3.05) is 27.2 Å². The van der Waals surface area contributed by atoms with Gasteiger partial charge in [0.1, 0.15) is 10.7 Å². The first kappa shape index (κ1) is 23.2. The number of carbonyl (C=O) groups excluding carboxylic acids is 1. The van der Waals surface area contributed by atoms with E-state index in [1.165, 1.54) is 27.1 Å². The second kappa shape index (κ2) is 9.89. The van der Waals surface area contributed by atoms with E-state index < -0.39 is 10.0 Å². The third-order valence-electron chi connectivity index (χ3n) is 3.98. The van der Waals surface area contributed by atoms with Gasteiger partial charge in [-0.25, -0.2) is 12.7 Å². The zero-order chi connectivity index (χ0) is 19.3. The van der Waals surface area contributed by atoms with Crippen molar-refractivity contribution in [3.63, 3.8) is 0 Å². The average molecular weight is 416 g/mol. The Morgan fingerprint density at radius 3 is 2.37 bits per heavy atom. The van der Waals surface area contributed by atoms with Crippen LogP contribution in [0.4, 0.5) is 0 Å². The molecule has 2 aromatic rings. The molecule has 2 N–H and O–H groups in total. The number of hydrogen-bond acceptors (Lipinski definition) is 5. The molecule has 9 heteroatoms. The van der Waals surface area contributed by atoms with Crippen molar-refractivity contribution in [3.05, 3.63) is 53.5 Å². The first-order chi connectivity index (χ1) is 12.3. The molecule has 1 amide bonds. The van der Waals surface area contributed by atoms with Crippen LogP contribution in [0.3, 0.4) is 0 Å². The molecule has 2 rings (SSSR count). The lowest BCUT2D eigenvalue weighted by Gasteiger charge is -2.21. The first-order valence-electron chi connectivity index (χ1n) is 8.33. The molecule has 0 aliphatic carbocycles. The molecule has 0 bridgehead atoms. The molecule has 7 nitrogen and oxygen atoms in total. The van der Waals surface area contributed by atoms with Crippen molar-refractivity contribution in [2.45, 2.75) is 24.8 Å². The van der Waals surface area contributed by atoms with E-state index in [0.29, 0.717) is 26.1 Å². The number of nitrogens with two attached hydrogens (primary N) is 1. The Morgan fingerprint density at radius 1 is 1.19 bits per heavy atom. The van der Waals surface area contributed by atoms with E-state index in [0.717, 1.165) is 9.87 Å². The topological polar surface area (TPSA) is 96.8 Å². The minimum Gasteiger partial charge on any atom is -0.455 e. The molecule has 0 saturated heterocycles. The molecule has 0 aliphatic heterocycles. The van der Waals surface area contributed by atoms with E-state index in [-0.39, 0.29) is 34.7 Å². The highest BCUT2D eigenvalue weighted by Crippen LogP contribution is 2.24. The molecule has 1 aromatic carbocycles. The maximum atomic E-state index is 12.9. The average Bonchev–Trinajstić information content (AvgIpc) is 3.01. The van der Waals surface area contributed by atoms with E-state index in [9.17, 15) is 13.2 Å². The second-order valence-electron chi connectivity index (χ2n) is 6.17. The standard InChI is InChI=1S/C18H25N3O4S.ClH/c1-14-17(26(23,24)20(2)3)12-16(25-14)18(22)21(11-7-10-19)13-15-8-5-4-6-9-15;/h4-6,8-9,12H,7,10-11,13,19H2,1-3H3;1H. The summed E-state index contributed by atoms with van der Waals surface area (Å²) >= 11 is 0. The molecule has 0 atom stereocenters. The number of sulfonamides is 1. The number of furan rings is 1. The predicted molar refractivity (Wildman–Crippen MR) is 106 cm³/mol. The van der Waals surface area contributed by atoms with Crippen molar-refractivity contribution in [3.8, 4) is 0 Å². The molecule has 0 unspecified atom stereocenters. The molecule has 0 spiro atoms. The van der Waals surface area contributed by atoms with E-state index >= 15 is 0 Å². The van der Waals surface area contributed by atoms with Crippen LogP contribution in [0.2, 0.25) is 0 Å². The highest BCUT2D eigenvalue weighted by molar-refractivity contribution is 7.89. The number of aryl methyl sites for hydroxylation is 1. The number of amides is 1. The van der Waals surface area contributed by atoms with E-state index in [1.807, 2.05) is 30.3 Å². The van der Waals surface area contributed by atoms with Crippen LogP contribution in [0.25, 0.3) is 0 Å². The van der Waals surface area contributed by atoms with Crippen LogP contribution >= 0.6 is 12.4 Å². The number of nitrogens with zero attached hydrogens (tertiary/aromatic N) is 2. The van der Waals surface area contributed by atoms with Crippen LogP contribution in [0.1, 0.15) is 28.3 Å². The van der Waals surface area contributed by atoms with Crippen LogP contribution in [0.15, 0.2) is 45.7 Å². The first-order valence-corrected chi connectivity index (χ1v) is 9.77. The van der Waals surface area contributed by atoms with Gasteiger partial charge < -0.3 is 15.1 Å². The monoisotopic (exact) mass is 415 g/mol. The lowest BCUT2D eigenvalue weighted by molar-refractivity contribution is 0.0708. The summed E-state index contributed by atoms with van der Waals surface area (Å²) in [6.07, 6.45) is 0.640. The van der Waals surface area contributed by atoms with Crippen LogP contribution in [-0.2, 0) is 16.6 Å². The maximum Gasteiger partial charge on any atom is 0.289 e. The van der Waals surface area contributed by atoms with E-state index in [2.05, 4.69) is 0 Å². The molecular formula is C18H26ClN3O4S. The summed E-state index contributed by atoms with van der Waals surface area (Å²) in [5.74, 6) is -0.151. The number of carbonyl (C=O) groups is 1. The largest absolute Gasteiger partial charge is 0.455 e. The van der Waals surface area contributed by atoms with Gasteiger partial charge in [0.25, 0.3) is 5.91 Å². The van der Waals surface area contributed by atoms with Gasteiger partial charge in [-0.2, -0.15) is 0 Å². The van der Waals surface area contributed by atoms with Gasteiger partial charge in [-0.05, 0) is 25.5 Å². The van der Waals surface area contributed by atoms with Gasteiger partial charge >= 0.3 is 0 Å². The minimum absolute atomic E-state index is 0. The molecule has 0 saturated carbocycles. The number of hydrogen-bond donors (Lipinski definition) is 1. The Hall–Kier alpha value is -1.87. The van der Waals surface area contributed by atoms with Crippen LogP contribution in [0.5, 0.6) is 0 Å². The number of benzene rings is 1. The Balaban J connectivity index is 0.00000364. The van der Waals surface area contributed by atoms with Crippen molar-refractivity contribution in [1.29, 1.82) is 0 Å². The van der Waals surface area contributed by atoms with Crippen molar-refractivity contribution in [1.82, 2.24) is 9.21 Å². The van der Waals surface area contributed by atoms with Gasteiger partial charge in [0.2, 0.25) is 10.0 Å². The fourth-order valence-corrected chi connectivity index (χ4v) is 3.57. The number of rotatable bonds is 8. The van der Waals surface area contributed by atoms with Crippen molar-refractivity contribution < 1.29 is 17.6 Å². The summed E-state index contributed by atoms with van der Waals surface area (Å²) in [5.41, 5.74) is 6.56. The Labute approximate surface area is 166 Å². The summed E-state index contributed by atoms with van der Waals surface area (Å²) in [5, 5.41) is 0. The predicted octanol–water partition coefficient (Wildman–Crippen LogP) is 2.25. The van der Waals surface area contributed by atoms with Crippen molar-refractivity contribution >= 4 is 28.3 Å². The van der Waals surface area contributed by atoms with Gasteiger partial charge in [-0.3, -0.25) is 4.79 Å². The maximum absolute atomic E-state index is 12.9. The second-order valence-corrected chi connectivity index (χ2v) is 8.29. The fraction of sp³-hybridized carbons (Fsp3) is 0.389. The van der Waals surface area contributed by atoms with Crippen molar-refractivity contribution in [2.24, 2.45) is 5.73 Å². The Bertz CT molecular complexity index is 851. The highest BCUT2D eigenvalue weighted by Gasteiger charge is 2.27. The normalized spacial score (nSPS) is 11.3. The molecule has 0 radical (unpaired) electrons. The van der Waals surface area contributed by atoms with E-state index in [4.69, 9.17) is 10.2 Å². The van der Waals surface area contributed by atoms with Crippen LogP contribution in [-0.4, -0.2) is 50.7 Å². The molecule has 1 heterocycles. The molecule has 0 aliphatic rings. The zero-order valence-corrected chi connectivity index (χ0v) is 17.3. The van der Waals surface area contributed by atoms with Gasteiger partial charge in [0, 0.05) is 33.3 Å². The molecular weight excluding hydrogens is 390 g/mol. The molecule has 0 fully saturated rings. The highest BCUT2D eigenvalue weighted by atomic mass is 35.5. The van der Waals surface area contributed by atoms with E-state index in [1.54, 1.807) is 4.90 Å². The third-order valence-corrected chi connectivity index (χ3v) is 5.90. The molecule has 150 valence electrons. The Kier molecular flexibility index (Phi) is 8.49. The van der Waals surface area contributed by atoms with Gasteiger partial charge in [-0.1, -0.05) is 30.3 Å². The van der Waals surface area contributed by atoms with Gasteiger partial charge in [0.15, 0.2) is 5.76 Å². The summed E-state index contributed by atoms with van der Waals surface area (Å²) in [4.78, 5) is 14.5. The Morgan fingerprint density at radius 2 is 1.81 bits per heavy atom. The summed E-state index contributed by atoms with van der Waals surface area (Å²) in [6, 6.07) is 10.9. The lowest BCUT2D eigenvalue weighted by Crippen LogP contribution is -2.32. The fourth-order valence-electron chi connectivity index (χ4n) is 2.52. The summed E-state index contributed by atoms with van der Waals surface area (Å²) in [7, 11) is -0.799. The van der Waals surface area contributed by atoms with Gasteiger partial charge in [-0.15, -0.1) is 12.4 Å². The molecule has 1 aromatic heterocycles. The van der Waals surface area contributed by atoms with Crippen LogP contribution < -0.4 is 5.73 Å². The smallest absolute Gasteiger partial charge is 0.289 e. The lowest BCUT2D eigenvalue weighted by atomic mass is 10.2. The quantitative estimate of drug-likeness (QED) is 0.713. The van der Waals surface area contributed by atoms with Crippen LogP contribution in [0, 0.1) is 6.92 Å².